The number of nitrogens with one attached hydrogen (secondary N) is 1. The first-order valence-electron chi connectivity index (χ1n) is 6.27. The van der Waals surface area contributed by atoms with Gasteiger partial charge in [-0.25, -0.2) is 0 Å². The van der Waals surface area contributed by atoms with Crippen LogP contribution in [0.2, 0.25) is 0 Å². The van der Waals surface area contributed by atoms with Gasteiger partial charge in [0.15, 0.2) is 0 Å². The molecule has 1 amide bonds. The van der Waals surface area contributed by atoms with Gasteiger partial charge in [-0.2, -0.15) is 0 Å². The summed E-state index contributed by atoms with van der Waals surface area (Å²) in [5.74, 6) is 0.619. The molecular weight excluding hydrogens is 310 g/mol. The molecule has 1 aromatic rings. The van der Waals surface area contributed by atoms with Crippen LogP contribution in [0.1, 0.15) is 29.6 Å². The van der Waals surface area contributed by atoms with Crippen molar-refractivity contribution in [3.8, 4) is 0 Å². The number of thioether (sulfide) groups is 1. The van der Waals surface area contributed by atoms with E-state index >= 15 is 0 Å². The fourth-order valence-corrected chi connectivity index (χ4v) is 3.47. The summed E-state index contributed by atoms with van der Waals surface area (Å²) in [6, 6.07) is 7.76. The van der Waals surface area contributed by atoms with E-state index in [0.29, 0.717) is 10.7 Å². The predicted octanol–water partition coefficient (Wildman–Crippen LogP) is 3.70. The van der Waals surface area contributed by atoms with Crippen LogP contribution in [0.3, 0.4) is 0 Å². The van der Waals surface area contributed by atoms with Gasteiger partial charge < -0.3 is 5.32 Å². The topological polar surface area (TPSA) is 29.1 Å². The summed E-state index contributed by atoms with van der Waals surface area (Å²) >= 11 is 5.36. The van der Waals surface area contributed by atoms with Crippen LogP contribution in [0.5, 0.6) is 0 Å². The van der Waals surface area contributed by atoms with Gasteiger partial charge in [0.1, 0.15) is 0 Å². The lowest BCUT2D eigenvalue weighted by Crippen LogP contribution is -2.30. The fourth-order valence-electron chi connectivity index (χ4n) is 2.29. The molecule has 0 heterocycles. The molecular formula is C14H18BrNOS. The van der Waals surface area contributed by atoms with Gasteiger partial charge in [-0.3, -0.25) is 4.79 Å². The monoisotopic (exact) mass is 327 g/mol. The molecule has 0 radical (unpaired) electrons. The molecule has 0 aliphatic heterocycles. The molecule has 2 nitrogen and oxygen atoms in total. The van der Waals surface area contributed by atoms with Crippen LogP contribution in [-0.4, -0.2) is 23.5 Å². The van der Waals surface area contributed by atoms with Crippen LogP contribution >= 0.6 is 27.7 Å². The number of benzene rings is 1. The summed E-state index contributed by atoms with van der Waals surface area (Å²) in [7, 11) is 0. The highest BCUT2D eigenvalue weighted by molar-refractivity contribution is 9.09. The van der Waals surface area contributed by atoms with Gasteiger partial charge in [0.2, 0.25) is 0 Å². The van der Waals surface area contributed by atoms with Gasteiger partial charge in [0, 0.05) is 21.8 Å². The van der Waals surface area contributed by atoms with Crippen molar-refractivity contribution in [1.82, 2.24) is 5.32 Å². The summed E-state index contributed by atoms with van der Waals surface area (Å²) in [6.45, 7) is 0.777. The second-order valence-corrected chi connectivity index (χ2v) is 6.70. The van der Waals surface area contributed by atoms with Gasteiger partial charge in [0.05, 0.1) is 0 Å². The highest BCUT2D eigenvalue weighted by Crippen LogP contribution is 2.30. The third-order valence-corrected chi connectivity index (χ3v) is 5.39. The van der Waals surface area contributed by atoms with Crippen LogP contribution in [-0.2, 0) is 0 Å². The summed E-state index contributed by atoms with van der Waals surface area (Å²) in [4.78, 5) is 13.7. The first-order chi connectivity index (χ1) is 8.70. The number of amides is 1. The van der Waals surface area contributed by atoms with Gasteiger partial charge in [-0.05, 0) is 49.3 Å². The van der Waals surface area contributed by atoms with Crippen LogP contribution < -0.4 is 5.32 Å². The molecule has 1 saturated carbocycles. The highest BCUT2D eigenvalue weighted by atomic mass is 79.9. The molecule has 18 heavy (non-hydrogen) atoms. The van der Waals surface area contributed by atoms with Crippen molar-refractivity contribution in [1.29, 1.82) is 0 Å². The Balaban J connectivity index is 1.87. The second-order valence-electron chi connectivity index (χ2n) is 4.65. The SMILES string of the molecule is CSc1ccc(C(=O)NCC2CCCC2Br)cc1. The minimum Gasteiger partial charge on any atom is -0.352 e. The molecule has 0 spiro atoms. The van der Waals surface area contributed by atoms with Crippen LogP contribution in [0.4, 0.5) is 0 Å². The molecule has 0 saturated heterocycles. The Bertz CT molecular complexity index is 407. The number of halogens is 1. The lowest BCUT2D eigenvalue weighted by Gasteiger charge is -2.14. The van der Waals surface area contributed by atoms with Crippen LogP contribution in [0.15, 0.2) is 29.2 Å². The van der Waals surface area contributed by atoms with Crippen molar-refractivity contribution in [3.63, 3.8) is 0 Å². The van der Waals surface area contributed by atoms with E-state index in [0.717, 1.165) is 12.1 Å². The molecule has 1 aromatic carbocycles. The Morgan fingerprint density at radius 1 is 1.39 bits per heavy atom. The fraction of sp³-hybridized carbons (Fsp3) is 0.500. The largest absolute Gasteiger partial charge is 0.352 e. The predicted molar refractivity (Wildman–Crippen MR) is 80.6 cm³/mol. The van der Waals surface area contributed by atoms with E-state index in [1.165, 1.54) is 24.2 Å². The smallest absolute Gasteiger partial charge is 0.251 e. The van der Waals surface area contributed by atoms with E-state index in [1.807, 2.05) is 30.5 Å². The number of carbonyl (C=O) groups is 1. The van der Waals surface area contributed by atoms with Crippen molar-refractivity contribution in [2.75, 3.05) is 12.8 Å². The molecule has 1 fully saturated rings. The summed E-state index contributed by atoms with van der Waals surface area (Å²) in [5, 5.41) is 3.03. The molecule has 98 valence electrons. The standard InChI is InChI=1S/C14H18BrNOS/c1-18-12-7-5-10(6-8-12)14(17)16-9-11-3-2-4-13(11)15/h5-8,11,13H,2-4,9H2,1H3,(H,16,17). The summed E-state index contributed by atoms with van der Waals surface area (Å²) in [6.07, 6.45) is 5.73. The first-order valence-corrected chi connectivity index (χ1v) is 8.41. The Labute approximate surface area is 121 Å². The van der Waals surface area contributed by atoms with Gasteiger partial charge in [-0.15, -0.1) is 11.8 Å². The summed E-state index contributed by atoms with van der Waals surface area (Å²) in [5.41, 5.74) is 0.747. The highest BCUT2D eigenvalue weighted by Gasteiger charge is 2.25. The van der Waals surface area contributed by atoms with E-state index in [-0.39, 0.29) is 5.91 Å². The van der Waals surface area contributed by atoms with Crippen molar-refractivity contribution in [2.24, 2.45) is 5.92 Å². The van der Waals surface area contributed by atoms with E-state index in [4.69, 9.17) is 0 Å². The quantitative estimate of drug-likeness (QED) is 0.674. The van der Waals surface area contributed by atoms with Gasteiger partial charge in [0.25, 0.3) is 5.91 Å². The number of hydrogen-bond donors (Lipinski definition) is 1. The minimum atomic E-state index is 0.0363. The minimum absolute atomic E-state index is 0.0363. The number of carbonyl (C=O) groups excluding carboxylic acids is 1. The molecule has 1 aliphatic carbocycles. The van der Waals surface area contributed by atoms with E-state index < -0.39 is 0 Å². The lowest BCUT2D eigenvalue weighted by atomic mass is 10.1. The molecule has 4 heteroatoms. The van der Waals surface area contributed by atoms with Crippen LogP contribution in [0, 0.1) is 5.92 Å². The average Bonchev–Trinajstić information content (AvgIpc) is 2.81. The maximum atomic E-state index is 12.0. The number of hydrogen-bond acceptors (Lipinski definition) is 2. The van der Waals surface area contributed by atoms with Crippen molar-refractivity contribution in [3.05, 3.63) is 29.8 Å². The number of rotatable bonds is 4. The molecule has 2 unspecified atom stereocenters. The molecule has 1 N–H and O–H groups in total. The summed E-state index contributed by atoms with van der Waals surface area (Å²) < 4.78 is 0. The maximum absolute atomic E-state index is 12.0. The molecule has 0 aromatic heterocycles. The Morgan fingerprint density at radius 2 is 2.11 bits per heavy atom. The zero-order valence-electron chi connectivity index (χ0n) is 10.5. The third kappa shape index (κ3) is 3.51. The zero-order chi connectivity index (χ0) is 13.0. The molecule has 1 aliphatic rings. The Kier molecular flexibility index (Phi) is 5.13. The van der Waals surface area contributed by atoms with Crippen LogP contribution in [0.25, 0.3) is 0 Å². The normalized spacial score (nSPS) is 23.0. The Hall–Kier alpha value is -0.480. The molecule has 2 atom stereocenters. The van der Waals surface area contributed by atoms with E-state index in [1.54, 1.807) is 11.8 Å². The molecule has 0 bridgehead atoms. The van der Waals surface area contributed by atoms with Crippen molar-refractivity contribution >= 4 is 33.6 Å². The van der Waals surface area contributed by atoms with Crippen molar-refractivity contribution < 1.29 is 4.79 Å². The first kappa shape index (κ1) is 13.9. The third-order valence-electron chi connectivity index (χ3n) is 3.44. The maximum Gasteiger partial charge on any atom is 0.251 e. The van der Waals surface area contributed by atoms with Gasteiger partial charge in [-0.1, -0.05) is 22.4 Å². The number of alkyl halides is 1. The Morgan fingerprint density at radius 3 is 2.67 bits per heavy atom. The van der Waals surface area contributed by atoms with E-state index in [9.17, 15) is 4.79 Å². The second kappa shape index (κ2) is 6.62. The van der Waals surface area contributed by atoms with E-state index in [2.05, 4.69) is 21.2 Å². The van der Waals surface area contributed by atoms with Crippen molar-refractivity contribution in [2.45, 2.75) is 29.0 Å². The lowest BCUT2D eigenvalue weighted by molar-refractivity contribution is 0.0948. The zero-order valence-corrected chi connectivity index (χ0v) is 12.9. The average molecular weight is 328 g/mol. The van der Waals surface area contributed by atoms with Gasteiger partial charge >= 0.3 is 0 Å². The molecule has 2 rings (SSSR count).